The number of carbonyl (C=O) groups excluding carboxylic acids is 2. The number of nitrogens with one attached hydrogen (secondary N) is 1. The van der Waals surface area contributed by atoms with Gasteiger partial charge in [-0.15, -0.1) is 0 Å². The molecule has 2 aromatic carbocycles. The molecule has 0 atom stereocenters. The van der Waals surface area contributed by atoms with Gasteiger partial charge < -0.3 is 14.7 Å². The highest BCUT2D eigenvalue weighted by molar-refractivity contribution is 6.30. The summed E-state index contributed by atoms with van der Waals surface area (Å²) in [6.45, 7) is 1.89. The van der Waals surface area contributed by atoms with E-state index in [-0.39, 0.29) is 12.5 Å². The molecule has 6 nitrogen and oxygen atoms in total. The topological polar surface area (TPSA) is 78.9 Å². The second-order valence-corrected chi connectivity index (χ2v) is 7.08. The quantitative estimate of drug-likeness (QED) is 0.760. The number of aliphatic hydroxyl groups is 1. The Morgan fingerprint density at radius 1 is 0.966 bits per heavy atom. The van der Waals surface area contributed by atoms with Crippen LogP contribution >= 0.6 is 11.6 Å². The fourth-order valence-corrected chi connectivity index (χ4v) is 3.15. The van der Waals surface area contributed by atoms with Crippen molar-refractivity contribution in [2.75, 3.05) is 25.5 Å². The van der Waals surface area contributed by atoms with Crippen molar-refractivity contribution in [3.63, 3.8) is 0 Å². The van der Waals surface area contributed by atoms with E-state index in [0.29, 0.717) is 17.1 Å². The Kier molecular flexibility index (Phi) is 9.47. The second-order valence-electron chi connectivity index (χ2n) is 6.64. The predicted molar refractivity (Wildman–Crippen MR) is 114 cm³/mol. The molecular weight excluding hydrogens is 392 g/mol. The van der Waals surface area contributed by atoms with Crippen molar-refractivity contribution >= 4 is 29.3 Å². The van der Waals surface area contributed by atoms with Crippen LogP contribution in [0.4, 0.5) is 10.5 Å². The molecule has 0 spiro atoms. The molecular formula is C22H27ClN2O4. The van der Waals surface area contributed by atoms with Gasteiger partial charge in [0.15, 0.2) is 0 Å². The predicted octanol–water partition coefficient (Wildman–Crippen LogP) is 4.25. The third kappa shape index (κ3) is 7.75. The third-order valence-corrected chi connectivity index (χ3v) is 4.80. The molecule has 2 aromatic rings. The lowest BCUT2D eigenvalue weighted by Crippen LogP contribution is -2.36. The molecule has 1 saturated heterocycles. The Labute approximate surface area is 176 Å². The number of likely N-dealkylation sites (tertiary alicyclic amines) is 1. The normalized spacial score (nSPS) is 13.1. The number of carbonyl (C=O) groups is 2. The summed E-state index contributed by atoms with van der Waals surface area (Å²) < 4.78 is 5.19. The number of piperidine rings is 1. The zero-order valence-electron chi connectivity index (χ0n) is 16.6. The van der Waals surface area contributed by atoms with E-state index in [1.54, 1.807) is 24.3 Å². The van der Waals surface area contributed by atoms with E-state index < -0.39 is 6.09 Å². The molecule has 0 saturated carbocycles. The van der Waals surface area contributed by atoms with Gasteiger partial charge >= 0.3 is 6.09 Å². The lowest BCUT2D eigenvalue weighted by Gasteiger charge is -2.26. The van der Waals surface area contributed by atoms with Crippen LogP contribution < -0.4 is 5.32 Å². The first-order chi connectivity index (χ1) is 14.1. The lowest BCUT2D eigenvalue weighted by atomic mass is 10.1. The number of halogens is 1. The zero-order chi connectivity index (χ0) is 21.1. The zero-order valence-corrected chi connectivity index (χ0v) is 17.3. The molecule has 1 aliphatic rings. The molecule has 3 rings (SSSR count). The standard InChI is InChI=1S/C21H23ClN2O3.CH4O/c22-18-8-4-17(5-9-18)15-27-21(26)23-19-10-6-16(7-11-19)14-20(25)24-12-2-1-3-13-24;1-2/h4-11H,1-3,12-15H2,(H,23,26);2H,1H3. The maximum atomic E-state index is 12.3. The van der Waals surface area contributed by atoms with E-state index >= 15 is 0 Å². The van der Waals surface area contributed by atoms with Crippen LogP contribution in [0.25, 0.3) is 0 Å². The smallest absolute Gasteiger partial charge is 0.411 e. The molecule has 156 valence electrons. The summed E-state index contributed by atoms with van der Waals surface area (Å²) in [7, 11) is 1.00. The Bertz CT molecular complexity index is 772. The fraction of sp³-hybridized carbons (Fsp3) is 0.364. The van der Waals surface area contributed by atoms with E-state index in [1.165, 1.54) is 6.42 Å². The fourth-order valence-electron chi connectivity index (χ4n) is 3.02. The number of amides is 2. The summed E-state index contributed by atoms with van der Waals surface area (Å²) in [6, 6.07) is 14.4. The van der Waals surface area contributed by atoms with Gasteiger partial charge in [-0.25, -0.2) is 4.79 Å². The largest absolute Gasteiger partial charge is 0.444 e. The third-order valence-electron chi connectivity index (χ3n) is 4.55. The molecule has 0 bridgehead atoms. The molecule has 0 unspecified atom stereocenters. The van der Waals surface area contributed by atoms with Crippen LogP contribution in [0, 0.1) is 0 Å². The van der Waals surface area contributed by atoms with Gasteiger partial charge in [-0.3, -0.25) is 10.1 Å². The van der Waals surface area contributed by atoms with Crippen LogP contribution in [0.1, 0.15) is 30.4 Å². The molecule has 29 heavy (non-hydrogen) atoms. The molecule has 0 aromatic heterocycles. The summed E-state index contributed by atoms with van der Waals surface area (Å²) in [4.78, 5) is 26.1. The summed E-state index contributed by atoms with van der Waals surface area (Å²) in [5, 5.41) is 10.3. The molecule has 2 N–H and O–H groups in total. The SMILES string of the molecule is CO.O=C(Nc1ccc(CC(=O)N2CCCCC2)cc1)OCc1ccc(Cl)cc1. The van der Waals surface area contributed by atoms with Crippen molar-refractivity contribution in [3.8, 4) is 0 Å². The van der Waals surface area contributed by atoms with Gasteiger partial charge in [0.2, 0.25) is 5.91 Å². The van der Waals surface area contributed by atoms with Crippen molar-refractivity contribution in [3.05, 3.63) is 64.7 Å². The first-order valence-electron chi connectivity index (χ1n) is 9.60. The van der Waals surface area contributed by atoms with Crippen LogP contribution in [0.15, 0.2) is 48.5 Å². The van der Waals surface area contributed by atoms with Crippen LogP contribution in [0.5, 0.6) is 0 Å². The molecule has 0 radical (unpaired) electrons. The molecule has 0 aliphatic carbocycles. The molecule has 1 heterocycles. The summed E-state index contributed by atoms with van der Waals surface area (Å²) in [5.41, 5.74) is 2.43. The van der Waals surface area contributed by atoms with Crippen LogP contribution in [-0.2, 0) is 22.6 Å². The average molecular weight is 419 g/mol. The van der Waals surface area contributed by atoms with Gasteiger partial charge in [0.05, 0.1) is 6.42 Å². The van der Waals surface area contributed by atoms with Crippen LogP contribution in [0.2, 0.25) is 5.02 Å². The van der Waals surface area contributed by atoms with Crippen molar-refractivity contribution in [2.24, 2.45) is 0 Å². The van der Waals surface area contributed by atoms with Crippen molar-refractivity contribution in [1.29, 1.82) is 0 Å². The summed E-state index contributed by atoms with van der Waals surface area (Å²) in [5.74, 6) is 0.165. The van der Waals surface area contributed by atoms with Gasteiger partial charge in [0, 0.05) is 30.9 Å². The van der Waals surface area contributed by atoms with Crippen LogP contribution in [-0.4, -0.2) is 42.2 Å². The maximum Gasteiger partial charge on any atom is 0.411 e. The highest BCUT2D eigenvalue weighted by Crippen LogP contribution is 2.15. The van der Waals surface area contributed by atoms with E-state index in [2.05, 4.69) is 5.32 Å². The lowest BCUT2D eigenvalue weighted by molar-refractivity contribution is -0.131. The van der Waals surface area contributed by atoms with Crippen LogP contribution in [0.3, 0.4) is 0 Å². The van der Waals surface area contributed by atoms with E-state index in [0.717, 1.165) is 44.2 Å². The average Bonchev–Trinajstić information content (AvgIpc) is 2.77. The Balaban J connectivity index is 0.00000145. The van der Waals surface area contributed by atoms with Gasteiger partial charge in [-0.05, 0) is 54.7 Å². The molecule has 2 amide bonds. The van der Waals surface area contributed by atoms with E-state index in [1.807, 2.05) is 29.2 Å². The number of hydrogen-bond donors (Lipinski definition) is 2. The Morgan fingerprint density at radius 2 is 1.55 bits per heavy atom. The Hall–Kier alpha value is -2.57. The molecule has 1 aliphatic heterocycles. The van der Waals surface area contributed by atoms with Crippen molar-refractivity contribution in [2.45, 2.75) is 32.3 Å². The first-order valence-corrected chi connectivity index (χ1v) is 9.97. The number of aliphatic hydroxyl groups excluding tert-OH is 1. The number of ether oxygens (including phenoxy) is 1. The monoisotopic (exact) mass is 418 g/mol. The van der Waals surface area contributed by atoms with Crippen molar-refractivity contribution < 1.29 is 19.4 Å². The van der Waals surface area contributed by atoms with Gasteiger partial charge in [0.25, 0.3) is 0 Å². The number of benzene rings is 2. The number of rotatable bonds is 5. The first kappa shape index (κ1) is 22.7. The molecule has 7 heteroatoms. The minimum atomic E-state index is -0.526. The van der Waals surface area contributed by atoms with Gasteiger partial charge in [-0.2, -0.15) is 0 Å². The molecule has 1 fully saturated rings. The summed E-state index contributed by atoms with van der Waals surface area (Å²) >= 11 is 5.83. The minimum Gasteiger partial charge on any atom is -0.444 e. The highest BCUT2D eigenvalue weighted by Gasteiger charge is 2.16. The maximum absolute atomic E-state index is 12.3. The van der Waals surface area contributed by atoms with E-state index in [9.17, 15) is 9.59 Å². The minimum absolute atomic E-state index is 0.165. The number of nitrogens with zero attached hydrogens (tertiary/aromatic N) is 1. The summed E-state index contributed by atoms with van der Waals surface area (Å²) in [6.07, 6.45) is 3.25. The highest BCUT2D eigenvalue weighted by atomic mass is 35.5. The number of hydrogen-bond acceptors (Lipinski definition) is 4. The van der Waals surface area contributed by atoms with E-state index in [4.69, 9.17) is 21.4 Å². The van der Waals surface area contributed by atoms with Crippen molar-refractivity contribution in [1.82, 2.24) is 4.90 Å². The Morgan fingerprint density at radius 3 is 2.17 bits per heavy atom. The number of anilines is 1. The van der Waals surface area contributed by atoms with Gasteiger partial charge in [0.1, 0.15) is 6.61 Å². The second kappa shape index (κ2) is 12.1. The van der Waals surface area contributed by atoms with Gasteiger partial charge in [-0.1, -0.05) is 35.9 Å².